The molecule has 0 aliphatic heterocycles. The highest BCUT2D eigenvalue weighted by Gasteiger charge is 2.16. The van der Waals surface area contributed by atoms with Crippen molar-refractivity contribution in [2.75, 3.05) is 0 Å². The van der Waals surface area contributed by atoms with E-state index in [0.29, 0.717) is 18.6 Å². The van der Waals surface area contributed by atoms with Gasteiger partial charge in [-0.05, 0) is 30.4 Å². The second kappa shape index (κ2) is 5.54. The van der Waals surface area contributed by atoms with Gasteiger partial charge in [0.05, 0.1) is 6.10 Å². The van der Waals surface area contributed by atoms with Crippen molar-refractivity contribution in [1.82, 2.24) is 0 Å². The van der Waals surface area contributed by atoms with E-state index in [1.807, 2.05) is 17.5 Å². The van der Waals surface area contributed by atoms with Crippen LogP contribution in [-0.4, -0.2) is 5.11 Å². The molecule has 96 valence electrons. The van der Waals surface area contributed by atoms with Gasteiger partial charge in [0.25, 0.3) is 0 Å². The molecule has 1 nitrogen and oxygen atoms in total. The van der Waals surface area contributed by atoms with Crippen molar-refractivity contribution in [3.05, 3.63) is 57.5 Å². The molecule has 0 saturated heterocycles. The minimum atomic E-state index is -1.25. The van der Waals surface area contributed by atoms with Gasteiger partial charge in [0, 0.05) is 16.5 Å². The Morgan fingerprint density at radius 2 is 1.83 bits per heavy atom. The van der Waals surface area contributed by atoms with Crippen molar-refractivity contribution in [1.29, 1.82) is 0 Å². The van der Waals surface area contributed by atoms with Crippen molar-refractivity contribution in [3.8, 4) is 0 Å². The predicted molar refractivity (Wildman–Crippen MR) is 63.9 cm³/mol. The molecular weight excluding hydrogens is 261 g/mol. The number of thiophene rings is 1. The summed E-state index contributed by atoms with van der Waals surface area (Å²) in [5.41, 5.74) is -0.203. The van der Waals surface area contributed by atoms with Crippen LogP contribution in [0.4, 0.5) is 13.2 Å². The summed E-state index contributed by atoms with van der Waals surface area (Å²) < 4.78 is 39.1. The lowest BCUT2D eigenvalue weighted by molar-refractivity contribution is 0.162. The summed E-state index contributed by atoms with van der Waals surface area (Å²) in [5, 5.41) is 11.7. The molecule has 1 aromatic carbocycles. The Morgan fingerprint density at radius 1 is 1.11 bits per heavy atom. The smallest absolute Gasteiger partial charge is 0.161 e. The molecule has 0 aliphatic carbocycles. The van der Waals surface area contributed by atoms with Crippen LogP contribution >= 0.6 is 11.3 Å². The molecule has 0 amide bonds. The Hall–Kier alpha value is -1.33. The largest absolute Gasteiger partial charge is 0.388 e. The summed E-state index contributed by atoms with van der Waals surface area (Å²) in [7, 11) is 0. The number of aryl methyl sites for hydroxylation is 1. The molecule has 0 radical (unpaired) electrons. The topological polar surface area (TPSA) is 20.2 Å². The first-order chi connectivity index (χ1) is 8.58. The van der Waals surface area contributed by atoms with Gasteiger partial charge in [0.15, 0.2) is 11.6 Å². The quantitative estimate of drug-likeness (QED) is 0.839. The second-order valence-corrected chi connectivity index (χ2v) is 4.95. The maximum Gasteiger partial charge on any atom is 0.161 e. The number of aliphatic hydroxyl groups is 1. The first-order valence-corrected chi connectivity index (χ1v) is 6.31. The van der Waals surface area contributed by atoms with Gasteiger partial charge in [-0.1, -0.05) is 6.07 Å². The van der Waals surface area contributed by atoms with E-state index in [1.165, 1.54) is 11.3 Å². The zero-order valence-corrected chi connectivity index (χ0v) is 10.2. The van der Waals surface area contributed by atoms with Crippen LogP contribution in [0.25, 0.3) is 0 Å². The minimum absolute atomic E-state index is 0.203. The molecule has 18 heavy (non-hydrogen) atoms. The van der Waals surface area contributed by atoms with Crippen LogP contribution in [-0.2, 0) is 6.42 Å². The predicted octanol–water partition coefficient (Wildman–Crippen LogP) is 3.83. The zero-order valence-electron chi connectivity index (χ0n) is 9.37. The number of rotatable bonds is 4. The average Bonchev–Trinajstić information content (AvgIpc) is 2.84. The van der Waals surface area contributed by atoms with Crippen molar-refractivity contribution < 1.29 is 18.3 Å². The molecule has 2 aromatic rings. The lowest BCUT2D eigenvalue weighted by Crippen LogP contribution is -2.04. The molecule has 1 heterocycles. The lowest BCUT2D eigenvalue weighted by Gasteiger charge is -2.11. The van der Waals surface area contributed by atoms with E-state index in [0.717, 1.165) is 4.88 Å². The molecule has 0 spiro atoms. The summed E-state index contributed by atoms with van der Waals surface area (Å²) >= 11 is 1.53. The average molecular weight is 272 g/mol. The van der Waals surface area contributed by atoms with Gasteiger partial charge in [-0.2, -0.15) is 0 Å². The number of halogens is 3. The molecule has 0 bridgehead atoms. The van der Waals surface area contributed by atoms with Gasteiger partial charge in [-0.3, -0.25) is 0 Å². The molecule has 1 unspecified atom stereocenters. The van der Waals surface area contributed by atoms with Crippen molar-refractivity contribution in [2.45, 2.75) is 18.9 Å². The van der Waals surface area contributed by atoms with Crippen LogP contribution in [0.2, 0.25) is 0 Å². The highest BCUT2D eigenvalue weighted by Crippen LogP contribution is 2.25. The number of benzene rings is 1. The fourth-order valence-electron chi connectivity index (χ4n) is 1.68. The van der Waals surface area contributed by atoms with Crippen molar-refractivity contribution >= 4 is 11.3 Å². The highest BCUT2D eigenvalue weighted by molar-refractivity contribution is 7.09. The van der Waals surface area contributed by atoms with Crippen LogP contribution in [0.15, 0.2) is 29.6 Å². The molecule has 1 atom stereocenters. The number of hydrogen-bond donors (Lipinski definition) is 1. The maximum atomic E-state index is 13.4. The number of hydrogen-bond acceptors (Lipinski definition) is 2. The fourth-order valence-corrected chi connectivity index (χ4v) is 2.41. The molecule has 1 aromatic heterocycles. The maximum absolute atomic E-state index is 13.4. The Morgan fingerprint density at radius 3 is 2.50 bits per heavy atom. The van der Waals surface area contributed by atoms with Gasteiger partial charge < -0.3 is 5.11 Å². The fraction of sp³-hybridized carbons (Fsp3) is 0.231. The Bertz CT molecular complexity index is 525. The zero-order chi connectivity index (χ0) is 13.1. The van der Waals surface area contributed by atoms with Crippen LogP contribution in [0.5, 0.6) is 0 Å². The van der Waals surface area contributed by atoms with Gasteiger partial charge in [-0.15, -0.1) is 11.3 Å². The molecule has 1 N–H and O–H groups in total. The standard InChI is InChI=1S/C13H11F3OS/c14-10-7-12(16)11(15)6-9(10)13(17)4-3-8-2-1-5-18-8/h1-2,5-7,13,17H,3-4H2. The number of aliphatic hydroxyl groups excluding tert-OH is 1. The minimum Gasteiger partial charge on any atom is -0.388 e. The van der Waals surface area contributed by atoms with Gasteiger partial charge in [0.2, 0.25) is 0 Å². The normalized spacial score (nSPS) is 12.7. The van der Waals surface area contributed by atoms with Gasteiger partial charge in [0.1, 0.15) is 5.82 Å². The summed E-state index contributed by atoms with van der Waals surface area (Å²) in [5.74, 6) is -3.32. The van der Waals surface area contributed by atoms with Gasteiger partial charge >= 0.3 is 0 Å². The van der Waals surface area contributed by atoms with E-state index in [9.17, 15) is 18.3 Å². The van der Waals surface area contributed by atoms with Crippen molar-refractivity contribution in [3.63, 3.8) is 0 Å². The molecular formula is C13H11F3OS. The SMILES string of the molecule is OC(CCc1cccs1)c1cc(F)c(F)cc1F. The van der Waals surface area contributed by atoms with E-state index in [2.05, 4.69) is 0 Å². The summed E-state index contributed by atoms with van der Waals surface area (Å²) in [6.45, 7) is 0. The molecule has 2 rings (SSSR count). The van der Waals surface area contributed by atoms with E-state index in [4.69, 9.17) is 0 Å². The second-order valence-electron chi connectivity index (χ2n) is 3.92. The Kier molecular flexibility index (Phi) is 4.04. The lowest BCUT2D eigenvalue weighted by atomic mass is 10.0. The van der Waals surface area contributed by atoms with Crippen molar-refractivity contribution in [2.24, 2.45) is 0 Å². The first-order valence-electron chi connectivity index (χ1n) is 5.43. The Labute approximate surface area is 107 Å². The molecule has 0 fully saturated rings. The highest BCUT2D eigenvalue weighted by atomic mass is 32.1. The molecule has 5 heteroatoms. The third-order valence-electron chi connectivity index (χ3n) is 2.64. The summed E-state index contributed by atoms with van der Waals surface area (Å²) in [6, 6.07) is 4.95. The molecule has 0 aliphatic rings. The van der Waals surface area contributed by atoms with Crippen LogP contribution in [0.1, 0.15) is 23.0 Å². The van der Waals surface area contributed by atoms with Crippen LogP contribution < -0.4 is 0 Å². The Balaban J connectivity index is 2.09. The van der Waals surface area contributed by atoms with E-state index in [1.54, 1.807) is 0 Å². The van der Waals surface area contributed by atoms with E-state index in [-0.39, 0.29) is 12.0 Å². The third kappa shape index (κ3) is 2.91. The van der Waals surface area contributed by atoms with Crippen LogP contribution in [0.3, 0.4) is 0 Å². The summed E-state index contributed by atoms with van der Waals surface area (Å²) in [4.78, 5) is 1.05. The first kappa shape index (κ1) is 13.1. The molecule has 0 saturated carbocycles. The van der Waals surface area contributed by atoms with E-state index >= 15 is 0 Å². The summed E-state index contributed by atoms with van der Waals surface area (Å²) in [6.07, 6.45) is -0.304. The van der Waals surface area contributed by atoms with E-state index < -0.39 is 23.6 Å². The monoisotopic (exact) mass is 272 g/mol. The third-order valence-corrected chi connectivity index (χ3v) is 3.58. The van der Waals surface area contributed by atoms with Gasteiger partial charge in [-0.25, -0.2) is 13.2 Å². The van der Waals surface area contributed by atoms with Crippen LogP contribution in [0, 0.1) is 17.5 Å².